The van der Waals surface area contributed by atoms with E-state index in [1.807, 2.05) is 18.2 Å². The molecule has 4 rings (SSSR count). The summed E-state index contributed by atoms with van der Waals surface area (Å²) in [6.07, 6.45) is -4.91. The molecular weight excluding hydrogens is 431 g/mol. The van der Waals surface area contributed by atoms with E-state index in [0.29, 0.717) is 28.4 Å². The average molecular weight is 447 g/mol. The zero-order valence-corrected chi connectivity index (χ0v) is 16.7. The van der Waals surface area contributed by atoms with Crippen molar-refractivity contribution in [1.29, 1.82) is 0 Å². The highest BCUT2D eigenvalue weighted by atomic mass is 32.1. The van der Waals surface area contributed by atoms with Crippen LogP contribution in [0, 0.1) is 0 Å². The molecule has 0 saturated heterocycles. The molecule has 0 aliphatic carbocycles. The highest BCUT2D eigenvalue weighted by molar-refractivity contribution is 7.13. The molecular formula is C21H16F3N3O3S. The van der Waals surface area contributed by atoms with Gasteiger partial charge in [-0.05, 0) is 23.8 Å². The van der Waals surface area contributed by atoms with E-state index in [2.05, 4.69) is 15.8 Å². The van der Waals surface area contributed by atoms with Gasteiger partial charge in [-0.1, -0.05) is 30.3 Å². The predicted molar refractivity (Wildman–Crippen MR) is 107 cm³/mol. The summed E-state index contributed by atoms with van der Waals surface area (Å²) in [5.74, 6) is -0.351. The third kappa shape index (κ3) is 4.85. The number of hydrogen-bond donors (Lipinski definition) is 2. The quantitative estimate of drug-likeness (QED) is 0.600. The standard InChI is InChI=1S/C21H16F3N3O3S/c22-21(23,24)14-6-3-5-13(8-14)20-25-15(11-31-20)10-18(28)26-27-19(29)17-9-12-4-1-2-7-16(12)30-17/h1-8,11,17H,9-10H2,(H,26,28)(H,27,29). The Hall–Kier alpha value is -3.40. The molecule has 0 spiro atoms. The number of carbonyl (C=O) groups is 2. The minimum atomic E-state index is -4.45. The second kappa shape index (κ2) is 8.38. The Labute approximate surface area is 179 Å². The van der Waals surface area contributed by atoms with Gasteiger partial charge in [-0.2, -0.15) is 13.2 Å². The van der Waals surface area contributed by atoms with Crippen LogP contribution in [0.5, 0.6) is 5.75 Å². The highest BCUT2D eigenvalue weighted by Gasteiger charge is 2.31. The Morgan fingerprint density at radius 3 is 2.71 bits per heavy atom. The molecule has 6 nitrogen and oxygen atoms in total. The maximum Gasteiger partial charge on any atom is 0.416 e. The molecule has 0 saturated carbocycles. The molecule has 0 radical (unpaired) electrons. The topological polar surface area (TPSA) is 80.3 Å². The van der Waals surface area contributed by atoms with E-state index in [-0.39, 0.29) is 6.42 Å². The number of carbonyl (C=O) groups excluding carboxylic acids is 2. The van der Waals surface area contributed by atoms with Crippen molar-refractivity contribution >= 4 is 23.2 Å². The predicted octanol–water partition coefficient (Wildman–Crippen LogP) is 3.52. The van der Waals surface area contributed by atoms with E-state index < -0.39 is 29.7 Å². The summed E-state index contributed by atoms with van der Waals surface area (Å²) in [4.78, 5) is 28.6. The van der Waals surface area contributed by atoms with Crippen LogP contribution < -0.4 is 15.6 Å². The van der Waals surface area contributed by atoms with Crippen molar-refractivity contribution in [2.75, 3.05) is 0 Å². The number of fused-ring (bicyclic) bond motifs is 1. The number of hydrazine groups is 1. The molecule has 31 heavy (non-hydrogen) atoms. The van der Waals surface area contributed by atoms with E-state index >= 15 is 0 Å². The van der Waals surface area contributed by atoms with Gasteiger partial charge in [0.1, 0.15) is 10.8 Å². The number of para-hydroxylation sites is 1. The molecule has 2 N–H and O–H groups in total. The lowest BCUT2D eigenvalue weighted by Crippen LogP contribution is -2.48. The monoisotopic (exact) mass is 447 g/mol. The van der Waals surface area contributed by atoms with Crippen LogP contribution in [-0.4, -0.2) is 22.9 Å². The molecule has 0 fully saturated rings. The third-order valence-corrected chi connectivity index (χ3v) is 5.54. The Balaban J connectivity index is 1.31. The highest BCUT2D eigenvalue weighted by Crippen LogP contribution is 2.33. The molecule has 2 heterocycles. The molecule has 1 aliphatic rings. The van der Waals surface area contributed by atoms with Gasteiger partial charge in [-0.3, -0.25) is 20.4 Å². The molecule has 2 aromatic carbocycles. The number of rotatable bonds is 4. The van der Waals surface area contributed by atoms with Gasteiger partial charge >= 0.3 is 6.18 Å². The zero-order valence-electron chi connectivity index (χ0n) is 15.9. The van der Waals surface area contributed by atoms with Gasteiger partial charge in [0.2, 0.25) is 5.91 Å². The average Bonchev–Trinajstić information content (AvgIpc) is 3.38. The summed E-state index contributed by atoms with van der Waals surface area (Å²) in [5, 5.41) is 1.96. The van der Waals surface area contributed by atoms with Crippen LogP contribution in [0.1, 0.15) is 16.8 Å². The third-order valence-electron chi connectivity index (χ3n) is 4.59. The van der Waals surface area contributed by atoms with Crippen molar-refractivity contribution in [1.82, 2.24) is 15.8 Å². The summed E-state index contributed by atoms with van der Waals surface area (Å²) < 4.78 is 44.2. The summed E-state index contributed by atoms with van der Waals surface area (Å²) in [6, 6.07) is 12.1. The Bertz CT molecular complexity index is 1110. The van der Waals surface area contributed by atoms with Crippen LogP contribution in [0.3, 0.4) is 0 Å². The van der Waals surface area contributed by atoms with Crippen LogP contribution >= 0.6 is 11.3 Å². The van der Waals surface area contributed by atoms with Gasteiger partial charge in [0.15, 0.2) is 6.10 Å². The fourth-order valence-corrected chi connectivity index (χ4v) is 3.91. The largest absolute Gasteiger partial charge is 0.480 e. The van der Waals surface area contributed by atoms with E-state index in [4.69, 9.17) is 4.74 Å². The van der Waals surface area contributed by atoms with E-state index in [0.717, 1.165) is 29.0 Å². The van der Waals surface area contributed by atoms with Crippen LogP contribution in [0.4, 0.5) is 13.2 Å². The van der Waals surface area contributed by atoms with Gasteiger partial charge in [-0.25, -0.2) is 4.98 Å². The van der Waals surface area contributed by atoms with Crippen LogP contribution in [0.15, 0.2) is 53.9 Å². The Kier molecular flexibility index (Phi) is 5.64. The van der Waals surface area contributed by atoms with Crippen molar-refractivity contribution in [3.05, 3.63) is 70.7 Å². The minimum Gasteiger partial charge on any atom is -0.480 e. The lowest BCUT2D eigenvalue weighted by Gasteiger charge is -2.11. The van der Waals surface area contributed by atoms with Gasteiger partial charge in [0, 0.05) is 17.4 Å². The maximum atomic E-state index is 12.9. The van der Waals surface area contributed by atoms with Crippen molar-refractivity contribution in [3.63, 3.8) is 0 Å². The van der Waals surface area contributed by atoms with Crippen LogP contribution in [0.2, 0.25) is 0 Å². The number of benzene rings is 2. The minimum absolute atomic E-state index is 0.137. The molecule has 0 bridgehead atoms. The van der Waals surface area contributed by atoms with Crippen molar-refractivity contribution in [3.8, 4) is 16.3 Å². The SMILES string of the molecule is O=C(Cc1csc(-c2cccc(C(F)(F)F)c2)n1)NNC(=O)C1Cc2ccccc2O1. The molecule has 160 valence electrons. The molecule has 1 unspecified atom stereocenters. The smallest absolute Gasteiger partial charge is 0.416 e. The fraction of sp³-hybridized carbons (Fsp3) is 0.190. The van der Waals surface area contributed by atoms with Gasteiger partial charge < -0.3 is 4.74 Å². The number of hydrogen-bond acceptors (Lipinski definition) is 5. The number of alkyl halides is 3. The molecule has 10 heteroatoms. The van der Waals surface area contributed by atoms with Crippen LogP contribution in [0.25, 0.3) is 10.6 Å². The summed E-state index contributed by atoms with van der Waals surface area (Å²) in [5.41, 5.74) is 5.49. The van der Waals surface area contributed by atoms with Crippen molar-refractivity contribution in [2.45, 2.75) is 25.1 Å². The fourth-order valence-electron chi connectivity index (χ4n) is 3.10. The van der Waals surface area contributed by atoms with Gasteiger partial charge in [0.05, 0.1) is 17.7 Å². The van der Waals surface area contributed by atoms with E-state index in [1.54, 1.807) is 11.4 Å². The summed E-state index contributed by atoms with van der Waals surface area (Å²) in [7, 11) is 0. The van der Waals surface area contributed by atoms with Crippen molar-refractivity contribution < 1.29 is 27.5 Å². The number of amides is 2. The van der Waals surface area contributed by atoms with Gasteiger partial charge in [0.25, 0.3) is 5.91 Å². The first-order valence-electron chi connectivity index (χ1n) is 9.25. The molecule has 1 aromatic heterocycles. The molecule has 1 aliphatic heterocycles. The number of thiazole rings is 1. The zero-order chi connectivity index (χ0) is 22.0. The Morgan fingerprint density at radius 1 is 1.13 bits per heavy atom. The molecule has 1 atom stereocenters. The molecule has 2 amide bonds. The van der Waals surface area contributed by atoms with E-state index in [9.17, 15) is 22.8 Å². The molecule has 3 aromatic rings. The first kappa shape index (κ1) is 20.9. The Morgan fingerprint density at radius 2 is 1.94 bits per heavy atom. The second-order valence-corrected chi connectivity index (χ2v) is 7.71. The lowest BCUT2D eigenvalue weighted by atomic mass is 10.1. The second-order valence-electron chi connectivity index (χ2n) is 6.86. The van der Waals surface area contributed by atoms with Crippen LogP contribution in [-0.2, 0) is 28.6 Å². The lowest BCUT2D eigenvalue weighted by molar-refractivity contribution is -0.137. The normalized spacial score (nSPS) is 15.1. The summed E-state index contributed by atoms with van der Waals surface area (Å²) >= 11 is 1.14. The van der Waals surface area contributed by atoms with E-state index in [1.165, 1.54) is 12.1 Å². The number of ether oxygens (including phenoxy) is 1. The first-order valence-corrected chi connectivity index (χ1v) is 10.1. The summed E-state index contributed by atoms with van der Waals surface area (Å²) in [6.45, 7) is 0. The number of aromatic nitrogens is 1. The number of halogens is 3. The number of nitrogens with zero attached hydrogens (tertiary/aromatic N) is 1. The van der Waals surface area contributed by atoms with Crippen molar-refractivity contribution in [2.24, 2.45) is 0 Å². The first-order chi connectivity index (χ1) is 14.8. The van der Waals surface area contributed by atoms with Gasteiger partial charge in [-0.15, -0.1) is 11.3 Å². The number of nitrogens with one attached hydrogen (secondary N) is 2. The maximum absolute atomic E-state index is 12.9.